The molecule has 0 aliphatic heterocycles. The summed E-state index contributed by atoms with van der Waals surface area (Å²) >= 11 is 0. The molecule has 19 heavy (non-hydrogen) atoms. The van der Waals surface area contributed by atoms with Gasteiger partial charge >= 0.3 is 6.18 Å². The monoisotopic (exact) mass is 1050 g/mol. The fraction of sp³-hybridized carbons (Fsp3) is 0.875. The van der Waals surface area contributed by atoms with Crippen LogP contribution < -0.4 is 0 Å². The van der Waals surface area contributed by atoms with Gasteiger partial charge in [-0.25, -0.2) is 13.2 Å². The first kappa shape index (κ1) is 24.6. The zero-order valence-corrected chi connectivity index (χ0v) is 30.1. The van der Waals surface area contributed by atoms with E-state index >= 15 is 0 Å². The van der Waals surface area contributed by atoms with Gasteiger partial charge in [-0.3, -0.25) is 0 Å². The zero-order chi connectivity index (χ0) is 13.2. The second kappa shape index (κ2) is 6.29. The molecule has 0 radical (unpaired) electrons. The second-order valence-electron chi connectivity index (χ2n) is 3.47. The molecule has 0 amide bonds. The van der Waals surface area contributed by atoms with E-state index < -0.39 is 30.9 Å². The maximum atomic E-state index is 12.2. The van der Waals surface area contributed by atoms with Crippen LogP contribution in [0, 0.1) is 6.10 Å². The van der Waals surface area contributed by atoms with Crippen molar-refractivity contribution < 1.29 is 35.8 Å². The van der Waals surface area contributed by atoms with Crippen molar-refractivity contribution in [3.63, 3.8) is 0 Å². The van der Waals surface area contributed by atoms with Crippen LogP contribution >= 0.6 is 0 Å². The van der Waals surface area contributed by atoms with E-state index in [4.69, 9.17) is 0 Å². The fourth-order valence-corrected chi connectivity index (χ4v) is 0.429. The molecule has 0 heterocycles. The molecule has 0 spiro atoms. The Balaban J connectivity index is -0.000000375. The van der Waals surface area contributed by atoms with Crippen molar-refractivity contribution in [1.29, 1.82) is 0 Å². The van der Waals surface area contributed by atoms with E-state index in [1.165, 1.54) is 0 Å². The second-order valence-corrected chi connectivity index (χ2v) is 3.47. The van der Waals surface area contributed by atoms with Gasteiger partial charge in [0.05, 0.1) is 0 Å². The summed E-state index contributed by atoms with van der Waals surface area (Å²) in [5.41, 5.74) is -2.56. The van der Waals surface area contributed by atoms with Crippen molar-refractivity contribution >= 4 is 0 Å². The molecule has 0 saturated carbocycles. The van der Waals surface area contributed by atoms with E-state index in [9.17, 15) is 26.3 Å². The Hall–Kier alpha value is -3.50. The number of ether oxygens (including phenoxy) is 2. The van der Waals surface area contributed by atoms with Crippen LogP contribution in [0.15, 0.2) is 0 Å². The quantitative estimate of drug-likeness (QED) is 0.245. The number of hydrogen-bond acceptors (Lipinski definition) is 2. The van der Waals surface area contributed by atoms with Gasteiger partial charge in [-0.15, -0.1) is 0 Å². The van der Waals surface area contributed by atoms with Crippen LogP contribution in [0.4, 0.5) is 26.3 Å². The van der Waals surface area contributed by atoms with Gasteiger partial charge < -0.3 is 9.47 Å². The first-order valence-corrected chi connectivity index (χ1v) is 4.12. The Morgan fingerprint density at radius 1 is 0.895 bits per heavy atom. The number of alkyl halides is 6. The van der Waals surface area contributed by atoms with Crippen molar-refractivity contribution in [2.45, 2.75) is 38.7 Å². The largest absolute Gasteiger partial charge is 0.521 e. The van der Waals surface area contributed by atoms with E-state index in [1.54, 1.807) is 0 Å². The first-order valence-electron chi connectivity index (χ1n) is 4.12. The molecule has 0 aromatic carbocycles. The molecule has 0 unspecified atom stereocenters. The number of halogens is 6. The van der Waals surface area contributed by atoms with Crippen LogP contribution in [-0.4, -0.2) is 24.7 Å². The summed E-state index contributed by atoms with van der Waals surface area (Å²) in [5.74, 6) is 0. The maximum Gasteiger partial charge on any atom is 0.417 e. The topological polar surface area (TPSA) is 18.5 Å². The molecule has 0 aromatic rings. The minimum atomic E-state index is -4.70. The summed E-state index contributed by atoms with van der Waals surface area (Å²) in [6, 6.07) is 0. The van der Waals surface area contributed by atoms with E-state index in [2.05, 4.69) is 9.47 Å². The summed E-state index contributed by atoms with van der Waals surface area (Å²) in [5, 5.41) is 0. The minimum Gasteiger partial charge on any atom is -0.521 e. The van der Waals surface area contributed by atoms with Crippen LogP contribution in [-0.2, 0) is 9.47 Å². The molecule has 0 aromatic heterocycles. The molecule has 0 saturated heterocycles. The van der Waals surface area contributed by atoms with Gasteiger partial charge in [-0.2, -0.15) is 20.1 Å². The normalized spacial score (nSPS) is 12.3. The Morgan fingerprint density at radius 3 is 1.53 bits per heavy atom. The molecule has 0 fully saturated rings. The number of hydrogen-bond donors (Lipinski definition) is 0. The SMILES string of the molecule is C[C-](OCOC(C)(C)C(F)(F)F)C(F)(F)F.[Rf].[Rf].[Rf]. The van der Waals surface area contributed by atoms with Crippen LogP contribution in [0.5, 0.6) is 0 Å². The van der Waals surface area contributed by atoms with E-state index in [-0.39, 0.29) is 0 Å². The molecule has 0 rings (SSSR count). The van der Waals surface area contributed by atoms with Crippen molar-refractivity contribution in [3.05, 3.63) is 6.10 Å². The van der Waals surface area contributed by atoms with Crippen molar-refractivity contribution in [1.82, 2.24) is 0 Å². The van der Waals surface area contributed by atoms with Gasteiger partial charge in [0, 0.05) is 0 Å². The van der Waals surface area contributed by atoms with Crippen LogP contribution in [0.1, 0.15) is 20.8 Å². The zero-order valence-electron chi connectivity index (χ0n) is 10.9. The average molecular weight is 1050 g/mol. The third-order valence-corrected chi connectivity index (χ3v) is 1.78. The average Bonchev–Trinajstić information content (AvgIpc) is 1.99. The summed E-state index contributed by atoms with van der Waals surface area (Å²) in [6.07, 6.45) is -10.7. The third-order valence-electron chi connectivity index (χ3n) is 1.78. The molecule has 0 aliphatic carbocycles. The van der Waals surface area contributed by atoms with E-state index in [0.717, 1.165) is 0 Å². The molecule has 104 valence electrons. The summed E-state index contributed by atoms with van der Waals surface area (Å²) in [6.45, 7) is 0.875. The van der Waals surface area contributed by atoms with Crippen LogP contribution in [0.3, 0.4) is 0 Å². The molecular formula is C8H11F6O2Rf3-. The van der Waals surface area contributed by atoms with Gasteiger partial charge in [-0.1, -0.05) is 6.10 Å². The van der Waals surface area contributed by atoms with E-state index in [0.29, 0.717) is 20.8 Å². The van der Waals surface area contributed by atoms with Crippen molar-refractivity contribution in [3.8, 4) is 0 Å². The molecule has 0 aliphatic rings. The van der Waals surface area contributed by atoms with Crippen molar-refractivity contribution in [2.75, 3.05) is 6.79 Å². The van der Waals surface area contributed by atoms with Gasteiger partial charge in [0.1, 0.15) is 6.79 Å². The van der Waals surface area contributed by atoms with Gasteiger partial charge in [0.25, 0.3) is 6.18 Å². The predicted octanol–water partition coefficient (Wildman–Crippen LogP) is 3.43. The summed E-state index contributed by atoms with van der Waals surface area (Å²) in [4.78, 5) is 0. The Morgan fingerprint density at radius 2 is 1.26 bits per heavy atom. The Kier molecular flexibility index (Phi) is 8.16. The molecule has 11 heteroatoms. The third kappa shape index (κ3) is 6.62. The van der Waals surface area contributed by atoms with Gasteiger partial charge in [0.2, 0.25) is 0 Å². The summed E-state index contributed by atoms with van der Waals surface area (Å²) in [7, 11) is 0. The van der Waals surface area contributed by atoms with Crippen molar-refractivity contribution in [2.24, 2.45) is 0 Å². The van der Waals surface area contributed by atoms with Crippen LogP contribution in [0.25, 0.3) is 0 Å². The van der Waals surface area contributed by atoms with Crippen LogP contribution in [0.2, 0.25) is 0 Å². The Bertz CT molecular complexity index is 232. The maximum absolute atomic E-state index is 12.2. The fourth-order valence-electron chi connectivity index (χ4n) is 0.429. The molecule has 0 bridgehead atoms. The molecule has 2 nitrogen and oxygen atoms in total. The molecular weight excluding hydrogens is 1040 g/mol. The van der Waals surface area contributed by atoms with Gasteiger partial charge in [-0.05, 0) is 13.8 Å². The smallest absolute Gasteiger partial charge is 0.417 e. The van der Waals surface area contributed by atoms with Gasteiger partial charge in [0.15, 0.2) is 5.60 Å². The Labute approximate surface area is 88.5 Å². The number of rotatable bonds is 4. The standard InChI is InChI=1S/C8H11F6O2.3Rf/c1-5(7(9,10)11)15-4-16-6(2,3)8(12,13)14;;;/h4H2,1-3H3;;;/q-1;;;. The first-order chi connectivity index (χ1) is 6.88. The minimum absolute atomic E-state index is 0. The summed E-state index contributed by atoms with van der Waals surface area (Å²) < 4.78 is 80.3. The molecule has 0 atom stereocenters. The van der Waals surface area contributed by atoms with E-state index in [1.807, 2.05) is 0 Å². The molecule has 0 N–H and O–H groups in total. The predicted molar refractivity (Wildman–Crippen MR) is 42.1 cm³/mol.